The number of Topliss-reactive ketones (excluding diaryl/α,β-unsaturated/α-hetero) is 1. The molecule has 0 amide bonds. The lowest BCUT2D eigenvalue weighted by Gasteiger charge is -2.12. The molecule has 0 aromatic carbocycles. The summed E-state index contributed by atoms with van der Waals surface area (Å²) in [4.78, 5) is 15.5. The molecule has 1 heterocycles. The summed E-state index contributed by atoms with van der Waals surface area (Å²) in [6, 6.07) is 3.94. The number of hydrogen-bond acceptors (Lipinski definition) is 3. The molecule has 14 heavy (non-hydrogen) atoms. The largest absolute Gasteiger partial charge is 0.307 e. The van der Waals surface area contributed by atoms with Gasteiger partial charge < -0.3 is 5.32 Å². The van der Waals surface area contributed by atoms with E-state index in [1.807, 2.05) is 25.4 Å². The second-order valence-electron chi connectivity index (χ2n) is 3.82. The zero-order valence-electron chi connectivity index (χ0n) is 8.45. The van der Waals surface area contributed by atoms with Gasteiger partial charge in [-0.05, 0) is 32.0 Å². The van der Waals surface area contributed by atoms with Gasteiger partial charge in [0.2, 0.25) is 0 Å². The standard InChI is InChI=1S/C11H14N2O/c1-8(14)11(12-2)6-10(11)9-4-3-5-13-7-9/h3-5,7,10,12H,6H2,1-2H3/t10?,11-/m0/s1. The lowest BCUT2D eigenvalue weighted by atomic mass is 10.1. The Hall–Kier alpha value is -1.22. The Kier molecular flexibility index (Phi) is 2.11. The van der Waals surface area contributed by atoms with E-state index < -0.39 is 0 Å². The number of rotatable bonds is 3. The van der Waals surface area contributed by atoms with Crippen molar-refractivity contribution in [1.82, 2.24) is 10.3 Å². The molecule has 3 nitrogen and oxygen atoms in total. The summed E-state index contributed by atoms with van der Waals surface area (Å²) in [5.41, 5.74) is 0.834. The molecule has 0 spiro atoms. The van der Waals surface area contributed by atoms with Gasteiger partial charge in [-0.2, -0.15) is 0 Å². The van der Waals surface area contributed by atoms with E-state index in [1.165, 1.54) is 0 Å². The number of ketones is 1. The summed E-state index contributed by atoms with van der Waals surface area (Å²) in [5, 5.41) is 3.12. The van der Waals surface area contributed by atoms with Gasteiger partial charge in [0.15, 0.2) is 0 Å². The Morgan fingerprint density at radius 1 is 1.71 bits per heavy atom. The molecule has 1 aliphatic carbocycles. The van der Waals surface area contributed by atoms with Crippen LogP contribution in [0.2, 0.25) is 0 Å². The number of likely N-dealkylation sites (N-methyl/N-ethyl adjacent to an activating group) is 1. The first-order valence-corrected chi connectivity index (χ1v) is 4.80. The third kappa shape index (κ3) is 1.24. The maximum absolute atomic E-state index is 11.5. The lowest BCUT2D eigenvalue weighted by molar-refractivity contribution is -0.119. The van der Waals surface area contributed by atoms with Crippen molar-refractivity contribution >= 4 is 5.78 Å². The molecule has 1 fully saturated rings. The number of nitrogens with one attached hydrogen (secondary N) is 1. The van der Waals surface area contributed by atoms with Gasteiger partial charge in [-0.3, -0.25) is 9.78 Å². The monoisotopic (exact) mass is 190 g/mol. The SMILES string of the molecule is CN[C@]1(C(C)=O)CC1c1cccnc1. The Balaban J connectivity index is 2.22. The molecule has 1 saturated carbocycles. The van der Waals surface area contributed by atoms with Crippen molar-refractivity contribution in [3.05, 3.63) is 30.1 Å². The van der Waals surface area contributed by atoms with Gasteiger partial charge in [-0.15, -0.1) is 0 Å². The highest BCUT2D eigenvalue weighted by Crippen LogP contribution is 2.51. The minimum atomic E-state index is -0.316. The van der Waals surface area contributed by atoms with Gasteiger partial charge in [-0.25, -0.2) is 0 Å². The summed E-state index contributed by atoms with van der Waals surface area (Å²) < 4.78 is 0. The molecule has 74 valence electrons. The highest BCUT2D eigenvalue weighted by atomic mass is 16.1. The minimum absolute atomic E-state index is 0.217. The summed E-state index contributed by atoms with van der Waals surface area (Å²) in [6.45, 7) is 1.65. The van der Waals surface area contributed by atoms with Gasteiger partial charge in [0, 0.05) is 18.3 Å². The van der Waals surface area contributed by atoms with Gasteiger partial charge in [0.05, 0.1) is 5.54 Å². The van der Waals surface area contributed by atoms with Crippen LogP contribution in [0.15, 0.2) is 24.5 Å². The first kappa shape index (κ1) is 9.34. The topological polar surface area (TPSA) is 42.0 Å². The third-order valence-electron chi connectivity index (χ3n) is 3.12. The fraction of sp³-hybridized carbons (Fsp3) is 0.455. The average molecular weight is 190 g/mol. The Labute approximate surface area is 83.5 Å². The van der Waals surface area contributed by atoms with Crippen LogP contribution >= 0.6 is 0 Å². The molecule has 1 unspecified atom stereocenters. The van der Waals surface area contributed by atoms with Crippen LogP contribution in [0.1, 0.15) is 24.8 Å². The van der Waals surface area contributed by atoms with Crippen LogP contribution in [0.5, 0.6) is 0 Å². The molecule has 0 saturated heterocycles. The molecule has 2 rings (SSSR count). The quantitative estimate of drug-likeness (QED) is 0.776. The second-order valence-corrected chi connectivity index (χ2v) is 3.82. The maximum atomic E-state index is 11.5. The summed E-state index contributed by atoms with van der Waals surface area (Å²) in [7, 11) is 1.85. The zero-order chi connectivity index (χ0) is 10.2. The zero-order valence-corrected chi connectivity index (χ0v) is 8.45. The Bertz CT molecular complexity index is 350. The number of carbonyl (C=O) groups is 1. The van der Waals surface area contributed by atoms with Crippen molar-refractivity contribution in [3.63, 3.8) is 0 Å². The van der Waals surface area contributed by atoms with Gasteiger partial charge in [0.1, 0.15) is 5.78 Å². The molecule has 1 aromatic rings. The van der Waals surface area contributed by atoms with Crippen LogP contribution in [0.3, 0.4) is 0 Å². The van der Waals surface area contributed by atoms with Crippen LogP contribution in [0.25, 0.3) is 0 Å². The van der Waals surface area contributed by atoms with Gasteiger partial charge >= 0.3 is 0 Å². The first-order chi connectivity index (χ1) is 6.70. The fourth-order valence-corrected chi connectivity index (χ4v) is 2.09. The normalized spacial score (nSPS) is 30.0. The molecule has 1 aromatic heterocycles. The smallest absolute Gasteiger partial charge is 0.150 e. The van der Waals surface area contributed by atoms with E-state index >= 15 is 0 Å². The molecule has 0 radical (unpaired) electrons. The average Bonchev–Trinajstić information content (AvgIpc) is 2.95. The predicted molar refractivity (Wildman–Crippen MR) is 54.1 cm³/mol. The summed E-state index contributed by atoms with van der Waals surface area (Å²) >= 11 is 0. The number of nitrogens with zero attached hydrogens (tertiary/aromatic N) is 1. The molecule has 3 heteroatoms. The predicted octanol–water partition coefficient (Wildman–Crippen LogP) is 1.12. The van der Waals surface area contributed by atoms with Crippen molar-refractivity contribution in [3.8, 4) is 0 Å². The minimum Gasteiger partial charge on any atom is -0.307 e. The first-order valence-electron chi connectivity index (χ1n) is 4.80. The van der Waals surface area contributed by atoms with E-state index in [0.29, 0.717) is 5.92 Å². The van der Waals surface area contributed by atoms with E-state index in [9.17, 15) is 4.79 Å². The van der Waals surface area contributed by atoms with Gasteiger partial charge in [-0.1, -0.05) is 6.07 Å². The van der Waals surface area contributed by atoms with Crippen molar-refractivity contribution in [2.75, 3.05) is 7.05 Å². The molecule has 0 bridgehead atoms. The Morgan fingerprint density at radius 3 is 2.93 bits per heavy atom. The summed E-state index contributed by atoms with van der Waals surface area (Å²) in [5.74, 6) is 0.521. The molecule has 1 aliphatic rings. The van der Waals surface area contributed by atoms with E-state index in [-0.39, 0.29) is 11.3 Å². The van der Waals surface area contributed by atoms with E-state index in [1.54, 1.807) is 13.1 Å². The highest BCUT2D eigenvalue weighted by Gasteiger charge is 2.57. The number of aromatic nitrogens is 1. The summed E-state index contributed by atoms with van der Waals surface area (Å²) in [6.07, 6.45) is 4.48. The van der Waals surface area contributed by atoms with Gasteiger partial charge in [0.25, 0.3) is 0 Å². The second kappa shape index (κ2) is 3.17. The molecule has 2 atom stereocenters. The van der Waals surface area contributed by atoms with E-state index in [0.717, 1.165) is 12.0 Å². The van der Waals surface area contributed by atoms with E-state index in [4.69, 9.17) is 0 Å². The van der Waals surface area contributed by atoms with Crippen molar-refractivity contribution < 1.29 is 4.79 Å². The number of carbonyl (C=O) groups excluding carboxylic acids is 1. The molecule has 1 N–H and O–H groups in total. The van der Waals surface area contributed by atoms with Crippen LogP contribution in [0, 0.1) is 0 Å². The van der Waals surface area contributed by atoms with Crippen LogP contribution in [0.4, 0.5) is 0 Å². The van der Waals surface area contributed by atoms with Crippen molar-refractivity contribution in [2.45, 2.75) is 24.8 Å². The molecule has 0 aliphatic heterocycles. The lowest BCUT2D eigenvalue weighted by Crippen LogP contribution is -2.36. The maximum Gasteiger partial charge on any atom is 0.150 e. The van der Waals surface area contributed by atoms with E-state index in [2.05, 4.69) is 10.3 Å². The van der Waals surface area contributed by atoms with Crippen molar-refractivity contribution in [2.24, 2.45) is 0 Å². The molecular weight excluding hydrogens is 176 g/mol. The van der Waals surface area contributed by atoms with Crippen LogP contribution in [-0.2, 0) is 4.79 Å². The van der Waals surface area contributed by atoms with Crippen LogP contribution in [-0.4, -0.2) is 23.4 Å². The van der Waals surface area contributed by atoms with Crippen molar-refractivity contribution in [1.29, 1.82) is 0 Å². The third-order valence-corrected chi connectivity index (χ3v) is 3.12. The Morgan fingerprint density at radius 2 is 2.50 bits per heavy atom. The highest BCUT2D eigenvalue weighted by molar-refractivity contribution is 5.91. The number of hydrogen-bond donors (Lipinski definition) is 1. The fourth-order valence-electron chi connectivity index (χ4n) is 2.09. The number of pyridine rings is 1. The molecular formula is C11H14N2O. The van der Waals surface area contributed by atoms with Crippen LogP contribution < -0.4 is 5.32 Å².